The monoisotopic (exact) mass is 309 g/mol. The Morgan fingerprint density at radius 2 is 1.86 bits per heavy atom. The molecule has 1 unspecified atom stereocenters. The molecule has 1 amide bonds. The van der Waals surface area contributed by atoms with Gasteiger partial charge in [0.05, 0.1) is 16.0 Å². The molecule has 0 saturated heterocycles. The van der Waals surface area contributed by atoms with Crippen LogP contribution in [0.2, 0.25) is 0 Å². The van der Waals surface area contributed by atoms with Gasteiger partial charge in [0.1, 0.15) is 5.60 Å². The normalized spacial score (nSPS) is 14.0. The highest BCUT2D eigenvalue weighted by atomic mass is 16.6. The van der Waals surface area contributed by atoms with Crippen molar-refractivity contribution in [2.75, 3.05) is 13.6 Å². The summed E-state index contributed by atoms with van der Waals surface area (Å²) in [6.07, 6.45) is -0.622. The molecule has 1 aromatic rings. The topological polar surface area (TPSA) is 93.5 Å². The lowest BCUT2D eigenvalue weighted by Gasteiger charge is -2.32. The third kappa shape index (κ3) is 4.70. The molecule has 0 aliphatic rings. The van der Waals surface area contributed by atoms with E-state index in [9.17, 15) is 14.9 Å². The van der Waals surface area contributed by atoms with Crippen LogP contribution in [0.3, 0.4) is 0 Å². The van der Waals surface area contributed by atoms with Gasteiger partial charge < -0.3 is 15.4 Å². The molecular formula is C15H23N3O4. The predicted octanol–water partition coefficient (Wildman–Crippen LogP) is 2.55. The van der Waals surface area contributed by atoms with Crippen molar-refractivity contribution in [1.29, 1.82) is 0 Å². The molecule has 22 heavy (non-hydrogen) atoms. The summed E-state index contributed by atoms with van der Waals surface area (Å²) in [5, 5.41) is 16.9. The zero-order valence-electron chi connectivity index (χ0n) is 13.6. The van der Waals surface area contributed by atoms with Gasteiger partial charge in [0.15, 0.2) is 0 Å². The van der Waals surface area contributed by atoms with Gasteiger partial charge in [0.25, 0.3) is 5.69 Å². The van der Waals surface area contributed by atoms with Gasteiger partial charge in [-0.2, -0.15) is 0 Å². The molecule has 0 bridgehead atoms. The lowest BCUT2D eigenvalue weighted by atomic mass is 9.90. The quantitative estimate of drug-likeness (QED) is 0.644. The van der Waals surface area contributed by atoms with Crippen molar-refractivity contribution < 1.29 is 14.5 Å². The highest BCUT2D eigenvalue weighted by Gasteiger charge is 2.35. The van der Waals surface area contributed by atoms with E-state index in [-0.39, 0.29) is 5.69 Å². The summed E-state index contributed by atoms with van der Waals surface area (Å²) >= 11 is 0. The minimum absolute atomic E-state index is 0.0451. The van der Waals surface area contributed by atoms with Crippen molar-refractivity contribution in [1.82, 2.24) is 10.6 Å². The molecular weight excluding hydrogens is 286 g/mol. The van der Waals surface area contributed by atoms with Crippen LogP contribution in [0.1, 0.15) is 33.3 Å². The maximum Gasteiger partial charge on any atom is 0.408 e. The van der Waals surface area contributed by atoms with Crippen molar-refractivity contribution in [3.8, 4) is 0 Å². The van der Waals surface area contributed by atoms with E-state index < -0.39 is 22.2 Å². The lowest BCUT2D eigenvalue weighted by Crippen LogP contribution is -2.51. The van der Waals surface area contributed by atoms with E-state index in [1.807, 2.05) is 0 Å². The molecule has 2 N–H and O–H groups in total. The van der Waals surface area contributed by atoms with Gasteiger partial charge in [-0.1, -0.05) is 12.1 Å². The van der Waals surface area contributed by atoms with Crippen molar-refractivity contribution in [2.24, 2.45) is 0 Å². The first-order valence-corrected chi connectivity index (χ1v) is 6.99. The Morgan fingerprint density at radius 3 is 2.36 bits per heavy atom. The third-order valence-electron chi connectivity index (χ3n) is 3.00. The number of rotatable bonds is 5. The van der Waals surface area contributed by atoms with Crippen LogP contribution in [0.4, 0.5) is 10.5 Å². The fourth-order valence-electron chi connectivity index (χ4n) is 2.19. The molecule has 1 aromatic carbocycles. The van der Waals surface area contributed by atoms with Gasteiger partial charge in [-0.25, -0.2) is 4.79 Å². The van der Waals surface area contributed by atoms with Gasteiger partial charge in [-0.3, -0.25) is 10.1 Å². The van der Waals surface area contributed by atoms with Crippen LogP contribution in [0.5, 0.6) is 0 Å². The van der Waals surface area contributed by atoms with Gasteiger partial charge in [0, 0.05) is 12.6 Å². The van der Waals surface area contributed by atoms with Crippen molar-refractivity contribution in [3.63, 3.8) is 0 Å². The highest BCUT2D eigenvalue weighted by molar-refractivity contribution is 5.69. The first kappa shape index (κ1) is 17.9. The minimum atomic E-state index is -0.971. The number of amides is 1. The maximum absolute atomic E-state index is 12.1. The Bertz CT molecular complexity index is 554. The van der Waals surface area contributed by atoms with E-state index in [4.69, 9.17) is 4.74 Å². The summed E-state index contributed by atoms with van der Waals surface area (Å²) < 4.78 is 5.25. The molecule has 0 fully saturated rings. The number of likely N-dealkylation sites (N-methyl/N-ethyl adjacent to an activating group) is 1. The number of hydrogen-bond donors (Lipinski definition) is 2. The molecule has 0 saturated carbocycles. The second kappa shape index (κ2) is 6.74. The first-order valence-electron chi connectivity index (χ1n) is 6.99. The maximum atomic E-state index is 12.1. The Morgan fingerprint density at radius 1 is 1.27 bits per heavy atom. The standard InChI is InChI=1S/C15H23N3O4/c1-14(2,3)22-13(19)17-15(4,10-16-5)11-8-6-7-9-12(11)18(20)21/h6-9,16H,10H2,1-5H3,(H,17,19). The van der Waals surface area contributed by atoms with E-state index in [0.717, 1.165) is 0 Å². The van der Waals surface area contributed by atoms with Gasteiger partial charge >= 0.3 is 6.09 Å². The predicted molar refractivity (Wildman–Crippen MR) is 83.7 cm³/mol. The van der Waals surface area contributed by atoms with E-state index in [0.29, 0.717) is 12.1 Å². The largest absolute Gasteiger partial charge is 0.444 e. The Kier molecular flexibility index (Phi) is 5.48. The smallest absolute Gasteiger partial charge is 0.408 e. The van der Waals surface area contributed by atoms with E-state index in [1.54, 1.807) is 52.9 Å². The Balaban J connectivity index is 3.16. The van der Waals surface area contributed by atoms with Gasteiger partial charge in [-0.05, 0) is 40.8 Å². The molecule has 7 nitrogen and oxygen atoms in total. The van der Waals surface area contributed by atoms with Crippen molar-refractivity contribution >= 4 is 11.8 Å². The number of benzene rings is 1. The number of carbonyl (C=O) groups is 1. The van der Waals surface area contributed by atoms with Crippen LogP contribution < -0.4 is 10.6 Å². The number of ether oxygens (including phenoxy) is 1. The van der Waals surface area contributed by atoms with Crippen molar-refractivity contribution in [3.05, 3.63) is 39.9 Å². The summed E-state index contributed by atoms with van der Waals surface area (Å²) in [7, 11) is 1.71. The molecule has 7 heteroatoms. The molecule has 0 aromatic heterocycles. The summed E-state index contributed by atoms with van der Waals surface area (Å²) in [5.41, 5.74) is -1.25. The van der Waals surface area contributed by atoms with Crippen LogP contribution >= 0.6 is 0 Å². The van der Waals surface area contributed by atoms with Crippen molar-refractivity contribution in [2.45, 2.75) is 38.8 Å². The molecule has 0 aliphatic heterocycles. The molecule has 1 rings (SSSR count). The average molecular weight is 309 g/mol. The van der Waals surface area contributed by atoms with E-state index >= 15 is 0 Å². The van der Waals surface area contributed by atoms with Gasteiger partial charge in [0.2, 0.25) is 0 Å². The van der Waals surface area contributed by atoms with Crippen LogP contribution in [-0.2, 0) is 10.3 Å². The number of nitrogens with zero attached hydrogens (tertiary/aromatic N) is 1. The molecule has 1 atom stereocenters. The second-order valence-electron chi connectivity index (χ2n) is 6.26. The molecule has 0 aliphatic carbocycles. The highest BCUT2D eigenvalue weighted by Crippen LogP contribution is 2.29. The number of para-hydroxylation sites is 1. The van der Waals surface area contributed by atoms with Crippen LogP contribution in [0.25, 0.3) is 0 Å². The number of alkyl carbamates (subject to hydrolysis) is 1. The molecule has 122 valence electrons. The number of nitrogens with one attached hydrogen (secondary N) is 2. The Labute approximate surface area is 130 Å². The number of carbonyl (C=O) groups excluding carboxylic acids is 1. The second-order valence-corrected chi connectivity index (χ2v) is 6.26. The van der Waals surface area contributed by atoms with E-state index in [2.05, 4.69) is 10.6 Å². The Hall–Kier alpha value is -2.15. The lowest BCUT2D eigenvalue weighted by molar-refractivity contribution is -0.386. The van der Waals surface area contributed by atoms with Crippen LogP contribution in [0.15, 0.2) is 24.3 Å². The summed E-state index contributed by atoms with van der Waals surface area (Å²) in [4.78, 5) is 22.8. The number of nitro groups is 1. The van der Waals surface area contributed by atoms with E-state index in [1.165, 1.54) is 6.07 Å². The summed E-state index contributed by atoms with van der Waals surface area (Å²) in [5.74, 6) is 0. The molecule has 0 radical (unpaired) electrons. The average Bonchev–Trinajstić information content (AvgIpc) is 2.36. The summed E-state index contributed by atoms with van der Waals surface area (Å²) in [6, 6.07) is 6.34. The van der Waals surface area contributed by atoms with Crippen LogP contribution in [0, 0.1) is 10.1 Å². The number of nitro benzene ring substituents is 1. The minimum Gasteiger partial charge on any atom is -0.444 e. The SMILES string of the molecule is CNCC(C)(NC(=O)OC(C)(C)C)c1ccccc1[N+](=O)[O-]. The fourth-order valence-corrected chi connectivity index (χ4v) is 2.19. The molecule has 0 spiro atoms. The third-order valence-corrected chi connectivity index (χ3v) is 3.00. The number of hydrogen-bond acceptors (Lipinski definition) is 5. The summed E-state index contributed by atoms with van der Waals surface area (Å²) in [6.45, 7) is 7.31. The zero-order valence-corrected chi connectivity index (χ0v) is 13.6. The molecule has 0 heterocycles. The first-order chi connectivity index (χ1) is 10.1. The van der Waals surface area contributed by atoms with Crippen LogP contribution in [-0.4, -0.2) is 30.2 Å². The zero-order chi connectivity index (χ0) is 17.0. The fraction of sp³-hybridized carbons (Fsp3) is 0.533. The van der Waals surface area contributed by atoms with Gasteiger partial charge in [-0.15, -0.1) is 0 Å².